The maximum Gasteiger partial charge on any atom is 0.338 e. The summed E-state index contributed by atoms with van der Waals surface area (Å²) in [7, 11) is -2.58. The second kappa shape index (κ2) is 10.6. The molecule has 0 aromatic heterocycles. The first-order valence-corrected chi connectivity index (χ1v) is 10.6. The Labute approximate surface area is 165 Å². The van der Waals surface area contributed by atoms with Crippen LogP contribution in [0.4, 0.5) is 0 Å². The van der Waals surface area contributed by atoms with Crippen molar-refractivity contribution in [2.24, 2.45) is 5.92 Å². The number of benzene rings is 1. The van der Waals surface area contributed by atoms with Gasteiger partial charge in [-0.3, -0.25) is 4.79 Å². The van der Waals surface area contributed by atoms with Crippen molar-refractivity contribution < 1.29 is 22.7 Å². The van der Waals surface area contributed by atoms with Gasteiger partial charge in [0.15, 0.2) is 6.61 Å². The van der Waals surface area contributed by atoms with Crippen molar-refractivity contribution >= 4 is 33.5 Å². The molecule has 0 aliphatic carbocycles. The monoisotopic (exact) mass is 418 g/mol. The van der Waals surface area contributed by atoms with E-state index in [1.807, 2.05) is 6.92 Å². The minimum absolute atomic E-state index is 0.00833. The summed E-state index contributed by atoms with van der Waals surface area (Å²) in [5, 5.41) is 2.75. The first-order valence-electron chi connectivity index (χ1n) is 8.76. The van der Waals surface area contributed by atoms with Crippen molar-refractivity contribution in [3.05, 3.63) is 28.8 Å². The van der Waals surface area contributed by atoms with E-state index < -0.39 is 28.5 Å². The fourth-order valence-electron chi connectivity index (χ4n) is 2.38. The number of carbonyl (C=O) groups excluding carboxylic acids is 2. The lowest BCUT2D eigenvalue weighted by Crippen LogP contribution is -2.35. The summed E-state index contributed by atoms with van der Waals surface area (Å²) in [6.07, 6.45) is 2.94. The van der Waals surface area contributed by atoms with Crippen LogP contribution in [0.2, 0.25) is 5.02 Å². The number of rotatable bonds is 10. The fraction of sp³-hybridized carbons (Fsp3) is 0.556. The third kappa shape index (κ3) is 7.86. The largest absolute Gasteiger partial charge is 0.452 e. The van der Waals surface area contributed by atoms with Gasteiger partial charge in [0.25, 0.3) is 5.91 Å². The molecule has 1 aromatic rings. The van der Waals surface area contributed by atoms with Crippen molar-refractivity contribution in [2.45, 2.75) is 51.0 Å². The van der Waals surface area contributed by atoms with Crippen LogP contribution in [0.1, 0.15) is 50.4 Å². The highest BCUT2D eigenvalue weighted by Gasteiger charge is 2.20. The molecule has 1 atom stereocenters. The number of ether oxygens (including phenoxy) is 1. The molecule has 0 saturated carbocycles. The van der Waals surface area contributed by atoms with E-state index in [0.717, 1.165) is 25.3 Å². The zero-order valence-electron chi connectivity index (χ0n) is 16.0. The summed E-state index contributed by atoms with van der Waals surface area (Å²) in [4.78, 5) is 23.8. The van der Waals surface area contributed by atoms with Gasteiger partial charge in [-0.1, -0.05) is 38.3 Å². The molecular weight excluding hydrogens is 392 g/mol. The van der Waals surface area contributed by atoms with Crippen molar-refractivity contribution in [3.8, 4) is 0 Å². The Hall–Kier alpha value is -1.64. The van der Waals surface area contributed by atoms with Crippen LogP contribution in [0, 0.1) is 5.92 Å². The van der Waals surface area contributed by atoms with E-state index in [2.05, 4.69) is 23.9 Å². The maximum absolute atomic E-state index is 12.1. The lowest BCUT2D eigenvalue weighted by Gasteiger charge is -2.14. The fourth-order valence-corrected chi connectivity index (χ4v) is 3.63. The van der Waals surface area contributed by atoms with Crippen LogP contribution in [0.3, 0.4) is 0 Å². The Morgan fingerprint density at radius 1 is 1.19 bits per heavy atom. The van der Waals surface area contributed by atoms with Crippen LogP contribution in [-0.2, 0) is 19.6 Å². The van der Waals surface area contributed by atoms with Crippen LogP contribution in [0.25, 0.3) is 0 Å². The average Bonchev–Trinajstić information content (AvgIpc) is 2.59. The molecule has 1 amide bonds. The van der Waals surface area contributed by atoms with Crippen LogP contribution in [0.15, 0.2) is 23.1 Å². The molecule has 0 bridgehead atoms. The number of hydrogen-bond donors (Lipinski definition) is 2. The Morgan fingerprint density at radius 3 is 2.44 bits per heavy atom. The second-order valence-electron chi connectivity index (χ2n) is 6.72. The zero-order valence-corrected chi connectivity index (χ0v) is 17.6. The predicted octanol–water partition coefficient (Wildman–Crippen LogP) is 2.74. The van der Waals surface area contributed by atoms with Gasteiger partial charge in [0, 0.05) is 6.04 Å². The summed E-state index contributed by atoms with van der Waals surface area (Å²) in [6, 6.07) is 3.73. The lowest BCUT2D eigenvalue weighted by atomic mass is 10.0. The standard InChI is InChI=1S/C18H27ClN2O5S/c1-12(2)6-5-7-13(3)21-17(22)11-26-18(23)14-8-9-15(19)16(10-14)27(24,25)20-4/h8-10,12-13,20H,5-7,11H2,1-4H3,(H,21,22)/t13-/m0/s1. The highest BCUT2D eigenvalue weighted by atomic mass is 35.5. The topological polar surface area (TPSA) is 102 Å². The molecule has 0 radical (unpaired) electrons. The van der Waals surface area contributed by atoms with E-state index in [-0.39, 0.29) is 21.5 Å². The number of halogens is 1. The first kappa shape index (κ1) is 23.4. The van der Waals surface area contributed by atoms with Gasteiger partial charge < -0.3 is 10.1 Å². The van der Waals surface area contributed by atoms with Gasteiger partial charge in [0.2, 0.25) is 10.0 Å². The summed E-state index contributed by atoms with van der Waals surface area (Å²) >= 11 is 5.87. The quantitative estimate of drug-likeness (QED) is 0.569. The van der Waals surface area contributed by atoms with Crippen LogP contribution in [0.5, 0.6) is 0 Å². The van der Waals surface area contributed by atoms with E-state index in [4.69, 9.17) is 16.3 Å². The third-order valence-electron chi connectivity index (χ3n) is 3.89. The molecule has 7 nitrogen and oxygen atoms in total. The molecule has 0 spiro atoms. The van der Waals surface area contributed by atoms with Gasteiger partial charge in [-0.2, -0.15) is 0 Å². The SMILES string of the molecule is CNS(=O)(=O)c1cc(C(=O)OCC(=O)N[C@@H](C)CCCC(C)C)ccc1Cl. The lowest BCUT2D eigenvalue weighted by molar-refractivity contribution is -0.124. The van der Waals surface area contributed by atoms with E-state index in [1.54, 1.807) is 0 Å². The van der Waals surface area contributed by atoms with Crippen LogP contribution < -0.4 is 10.0 Å². The minimum atomic E-state index is -3.82. The molecule has 152 valence electrons. The number of nitrogens with one attached hydrogen (secondary N) is 2. The summed E-state index contributed by atoms with van der Waals surface area (Å²) < 4.78 is 30.9. The van der Waals surface area contributed by atoms with E-state index in [1.165, 1.54) is 19.2 Å². The van der Waals surface area contributed by atoms with Crippen molar-refractivity contribution in [1.82, 2.24) is 10.0 Å². The average molecular weight is 419 g/mol. The molecule has 0 fully saturated rings. The number of sulfonamides is 1. The van der Waals surface area contributed by atoms with Gasteiger partial charge in [-0.15, -0.1) is 0 Å². The molecule has 1 aromatic carbocycles. The van der Waals surface area contributed by atoms with E-state index >= 15 is 0 Å². The Bertz CT molecular complexity index is 765. The summed E-state index contributed by atoms with van der Waals surface area (Å²) in [5.41, 5.74) is -0.00833. The van der Waals surface area contributed by atoms with Crippen molar-refractivity contribution in [2.75, 3.05) is 13.7 Å². The second-order valence-corrected chi connectivity index (χ2v) is 8.98. The maximum atomic E-state index is 12.1. The molecule has 0 unspecified atom stereocenters. The molecule has 0 aliphatic heterocycles. The Morgan fingerprint density at radius 2 is 1.85 bits per heavy atom. The Kier molecular flexibility index (Phi) is 9.21. The highest BCUT2D eigenvalue weighted by molar-refractivity contribution is 7.89. The molecule has 1 rings (SSSR count). The van der Waals surface area contributed by atoms with Crippen LogP contribution in [-0.4, -0.2) is 40.0 Å². The minimum Gasteiger partial charge on any atom is -0.452 e. The van der Waals surface area contributed by atoms with Gasteiger partial charge >= 0.3 is 5.97 Å². The van der Waals surface area contributed by atoms with Gasteiger partial charge in [-0.05, 0) is 44.5 Å². The number of esters is 1. The summed E-state index contributed by atoms with van der Waals surface area (Å²) in [6.45, 7) is 5.75. The summed E-state index contributed by atoms with van der Waals surface area (Å²) in [5.74, 6) is -0.593. The zero-order chi connectivity index (χ0) is 20.6. The van der Waals surface area contributed by atoms with E-state index in [9.17, 15) is 18.0 Å². The van der Waals surface area contributed by atoms with Crippen LogP contribution >= 0.6 is 11.6 Å². The first-order chi connectivity index (χ1) is 12.6. The van der Waals surface area contributed by atoms with Crippen molar-refractivity contribution in [1.29, 1.82) is 0 Å². The molecule has 2 N–H and O–H groups in total. The Balaban J connectivity index is 2.60. The van der Waals surface area contributed by atoms with Crippen molar-refractivity contribution in [3.63, 3.8) is 0 Å². The molecule has 0 heterocycles. The number of carbonyl (C=O) groups is 2. The number of amides is 1. The smallest absolute Gasteiger partial charge is 0.338 e. The molecule has 0 aliphatic rings. The molecule has 0 saturated heterocycles. The van der Waals surface area contributed by atoms with Gasteiger partial charge in [0.05, 0.1) is 10.6 Å². The highest BCUT2D eigenvalue weighted by Crippen LogP contribution is 2.22. The van der Waals surface area contributed by atoms with Gasteiger partial charge in [-0.25, -0.2) is 17.9 Å². The third-order valence-corrected chi connectivity index (χ3v) is 5.78. The molecular formula is C18H27ClN2O5S. The normalized spacial score (nSPS) is 12.7. The number of hydrogen-bond acceptors (Lipinski definition) is 5. The van der Waals surface area contributed by atoms with Gasteiger partial charge in [0.1, 0.15) is 4.90 Å². The van der Waals surface area contributed by atoms with E-state index in [0.29, 0.717) is 5.92 Å². The predicted molar refractivity (Wildman–Crippen MR) is 104 cm³/mol. The molecule has 27 heavy (non-hydrogen) atoms. The molecule has 9 heteroatoms.